The lowest BCUT2D eigenvalue weighted by Crippen LogP contribution is -2.16. The summed E-state index contributed by atoms with van der Waals surface area (Å²) in [5, 5.41) is 7.71. The van der Waals surface area contributed by atoms with Crippen molar-refractivity contribution in [2.45, 2.75) is 45.3 Å². The van der Waals surface area contributed by atoms with Gasteiger partial charge >= 0.3 is 0 Å². The molecular formula is C15H20N4O. The first-order chi connectivity index (χ1) is 9.83. The van der Waals surface area contributed by atoms with Crippen LogP contribution in [-0.2, 0) is 13.1 Å². The summed E-state index contributed by atoms with van der Waals surface area (Å²) in [4.78, 5) is 4.35. The molecule has 2 heterocycles. The van der Waals surface area contributed by atoms with Crippen molar-refractivity contribution in [3.8, 4) is 11.5 Å². The Labute approximate surface area is 119 Å². The SMILES string of the molecule is CCCn1cc(Oc2ccnc(CNC3CC3)c2)cn1. The van der Waals surface area contributed by atoms with Crippen molar-refractivity contribution in [1.82, 2.24) is 20.1 Å². The van der Waals surface area contributed by atoms with Gasteiger partial charge in [-0.2, -0.15) is 5.10 Å². The second-order valence-electron chi connectivity index (χ2n) is 5.18. The van der Waals surface area contributed by atoms with Crippen LogP contribution in [-0.4, -0.2) is 20.8 Å². The molecule has 0 unspecified atom stereocenters. The van der Waals surface area contributed by atoms with Gasteiger partial charge < -0.3 is 10.1 Å². The molecule has 0 spiro atoms. The number of hydrogen-bond donors (Lipinski definition) is 1. The lowest BCUT2D eigenvalue weighted by Gasteiger charge is -2.06. The van der Waals surface area contributed by atoms with Crippen LogP contribution in [0.2, 0.25) is 0 Å². The fraction of sp³-hybridized carbons (Fsp3) is 0.467. The third kappa shape index (κ3) is 3.57. The van der Waals surface area contributed by atoms with Gasteiger partial charge in [-0.1, -0.05) is 6.92 Å². The molecule has 2 aromatic heterocycles. The monoisotopic (exact) mass is 272 g/mol. The van der Waals surface area contributed by atoms with Crippen LogP contribution in [0.1, 0.15) is 31.9 Å². The van der Waals surface area contributed by atoms with Gasteiger partial charge in [0.15, 0.2) is 5.75 Å². The average molecular weight is 272 g/mol. The number of nitrogens with zero attached hydrogens (tertiary/aromatic N) is 3. The molecular weight excluding hydrogens is 252 g/mol. The highest BCUT2D eigenvalue weighted by atomic mass is 16.5. The number of nitrogens with one attached hydrogen (secondary N) is 1. The Hall–Kier alpha value is -1.88. The van der Waals surface area contributed by atoms with Crippen LogP contribution >= 0.6 is 0 Å². The van der Waals surface area contributed by atoms with Gasteiger partial charge in [-0.05, 0) is 25.3 Å². The predicted molar refractivity (Wildman–Crippen MR) is 76.7 cm³/mol. The lowest BCUT2D eigenvalue weighted by atomic mass is 10.3. The van der Waals surface area contributed by atoms with E-state index in [9.17, 15) is 0 Å². The quantitative estimate of drug-likeness (QED) is 0.842. The normalized spacial score (nSPS) is 14.4. The molecule has 0 bridgehead atoms. The summed E-state index contributed by atoms with van der Waals surface area (Å²) in [5.74, 6) is 1.58. The first kappa shape index (κ1) is 13.1. The van der Waals surface area contributed by atoms with Crippen molar-refractivity contribution in [3.63, 3.8) is 0 Å². The van der Waals surface area contributed by atoms with Gasteiger partial charge in [0.1, 0.15) is 5.75 Å². The van der Waals surface area contributed by atoms with Gasteiger partial charge in [0.2, 0.25) is 0 Å². The molecule has 1 aliphatic rings. The van der Waals surface area contributed by atoms with E-state index in [0.717, 1.165) is 36.7 Å². The Kier molecular flexibility index (Phi) is 3.97. The van der Waals surface area contributed by atoms with E-state index in [-0.39, 0.29) is 0 Å². The summed E-state index contributed by atoms with van der Waals surface area (Å²) in [6.07, 6.45) is 9.09. The first-order valence-electron chi connectivity index (χ1n) is 7.22. The minimum Gasteiger partial charge on any atom is -0.454 e. The van der Waals surface area contributed by atoms with E-state index < -0.39 is 0 Å². The zero-order chi connectivity index (χ0) is 13.8. The van der Waals surface area contributed by atoms with Crippen molar-refractivity contribution in [3.05, 3.63) is 36.4 Å². The Morgan fingerprint density at radius 1 is 1.40 bits per heavy atom. The number of aryl methyl sites for hydroxylation is 1. The van der Waals surface area contributed by atoms with Gasteiger partial charge in [-0.3, -0.25) is 9.67 Å². The molecule has 20 heavy (non-hydrogen) atoms. The zero-order valence-electron chi connectivity index (χ0n) is 11.7. The standard InChI is InChI=1S/C15H20N4O/c1-2-7-19-11-15(10-18-19)20-14-5-6-16-13(8-14)9-17-12-3-4-12/h5-6,8,10-12,17H,2-4,7,9H2,1H3. The number of rotatable bonds is 7. The molecule has 5 nitrogen and oxygen atoms in total. The van der Waals surface area contributed by atoms with Gasteiger partial charge in [-0.25, -0.2) is 0 Å². The molecule has 106 valence electrons. The second kappa shape index (κ2) is 6.05. The maximum Gasteiger partial charge on any atom is 0.165 e. The molecule has 0 radical (unpaired) electrons. The maximum absolute atomic E-state index is 5.82. The highest BCUT2D eigenvalue weighted by molar-refractivity contribution is 5.28. The van der Waals surface area contributed by atoms with Crippen LogP contribution in [0, 0.1) is 0 Å². The Morgan fingerprint density at radius 2 is 2.30 bits per heavy atom. The maximum atomic E-state index is 5.82. The van der Waals surface area contributed by atoms with Crippen LogP contribution < -0.4 is 10.1 Å². The first-order valence-corrected chi connectivity index (χ1v) is 7.22. The molecule has 1 N–H and O–H groups in total. The topological polar surface area (TPSA) is 52.0 Å². The van der Waals surface area contributed by atoms with E-state index in [2.05, 4.69) is 22.3 Å². The van der Waals surface area contributed by atoms with Crippen molar-refractivity contribution >= 4 is 0 Å². The van der Waals surface area contributed by atoms with Gasteiger partial charge in [0.05, 0.1) is 18.1 Å². The number of aromatic nitrogens is 3. The van der Waals surface area contributed by atoms with Crippen LogP contribution in [0.5, 0.6) is 11.5 Å². The van der Waals surface area contributed by atoms with Gasteiger partial charge in [0, 0.05) is 31.4 Å². The molecule has 2 aromatic rings. The third-order valence-corrected chi connectivity index (χ3v) is 3.24. The molecule has 0 atom stereocenters. The van der Waals surface area contributed by atoms with E-state index in [4.69, 9.17) is 4.74 Å². The number of pyridine rings is 1. The second-order valence-corrected chi connectivity index (χ2v) is 5.18. The summed E-state index contributed by atoms with van der Waals surface area (Å²) in [6.45, 7) is 3.84. The van der Waals surface area contributed by atoms with Gasteiger partial charge in [0.25, 0.3) is 0 Å². The van der Waals surface area contributed by atoms with Crippen molar-refractivity contribution in [2.24, 2.45) is 0 Å². The molecule has 0 aliphatic heterocycles. The minimum atomic E-state index is 0.689. The van der Waals surface area contributed by atoms with Crippen LogP contribution in [0.15, 0.2) is 30.7 Å². The Balaban J connectivity index is 1.61. The molecule has 1 fully saturated rings. The van der Waals surface area contributed by atoms with E-state index in [1.165, 1.54) is 12.8 Å². The summed E-state index contributed by atoms with van der Waals surface area (Å²) >= 11 is 0. The zero-order valence-corrected chi connectivity index (χ0v) is 11.7. The fourth-order valence-corrected chi connectivity index (χ4v) is 2.04. The Morgan fingerprint density at radius 3 is 3.10 bits per heavy atom. The highest BCUT2D eigenvalue weighted by Crippen LogP contribution is 2.22. The molecule has 1 saturated carbocycles. The van der Waals surface area contributed by atoms with Crippen molar-refractivity contribution in [1.29, 1.82) is 0 Å². The van der Waals surface area contributed by atoms with E-state index in [0.29, 0.717) is 6.04 Å². The van der Waals surface area contributed by atoms with E-state index in [1.807, 2.05) is 23.0 Å². The summed E-state index contributed by atoms with van der Waals surface area (Å²) in [6, 6.07) is 4.54. The molecule has 0 aromatic carbocycles. The molecule has 0 amide bonds. The van der Waals surface area contributed by atoms with Crippen molar-refractivity contribution in [2.75, 3.05) is 0 Å². The average Bonchev–Trinajstić information content (AvgIpc) is 3.19. The van der Waals surface area contributed by atoms with E-state index in [1.54, 1.807) is 12.4 Å². The van der Waals surface area contributed by atoms with Crippen LogP contribution in [0.4, 0.5) is 0 Å². The summed E-state index contributed by atoms with van der Waals surface area (Å²) < 4.78 is 7.71. The predicted octanol–water partition coefficient (Wildman–Crippen LogP) is 2.73. The lowest BCUT2D eigenvalue weighted by molar-refractivity contribution is 0.478. The molecule has 3 rings (SSSR count). The smallest absolute Gasteiger partial charge is 0.165 e. The van der Waals surface area contributed by atoms with Gasteiger partial charge in [-0.15, -0.1) is 0 Å². The summed E-state index contributed by atoms with van der Waals surface area (Å²) in [5.41, 5.74) is 1.01. The third-order valence-electron chi connectivity index (χ3n) is 3.24. The minimum absolute atomic E-state index is 0.689. The van der Waals surface area contributed by atoms with Crippen LogP contribution in [0.3, 0.4) is 0 Å². The number of hydrogen-bond acceptors (Lipinski definition) is 4. The summed E-state index contributed by atoms with van der Waals surface area (Å²) in [7, 11) is 0. The molecule has 0 saturated heterocycles. The molecule has 5 heteroatoms. The highest BCUT2D eigenvalue weighted by Gasteiger charge is 2.20. The Bertz CT molecular complexity index is 563. The number of ether oxygens (including phenoxy) is 1. The fourth-order valence-electron chi connectivity index (χ4n) is 2.04. The van der Waals surface area contributed by atoms with Crippen molar-refractivity contribution < 1.29 is 4.74 Å². The molecule has 1 aliphatic carbocycles. The largest absolute Gasteiger partial charge is 0.454 e. The van der Waals surface area contributed by atoms with Crippen LogP contribution in [0.25, 0.3) is 0 Å². The van der Waals surface area contributed by atoms with E-state index >= 15 is 0 Å².